The van der Waals surface area contributed by atoms with Crippen molar-refractivity contribution in [1.29, 1.82) is 0 Å². The van der Waals surface area contributed by atoms with E-state index in [4.69, 9.17) is 14.5 Å². The number of morpholine rings is 2. The smallest absolute Gasteiger partial charge is 0.407 e. The van der Waals surface area contributed by atoms with Crippen LogP contribution < -0.4 is 0 Å². The van der Waals surface area contributed by atoms with E-state index < -0.39 is 12.1 Å². The Balaban J connectivity index is 1.42. The van der Waals surface area contributed by atoms with E-state index in [-0.39, 0.29) is 12.6 Å². The number of hydrogen-bond donors (Lipinski definition) is 2. The van der Waals surface area contributed by atoms with Gasteiger partial charge in [0.1, 0.15) is 5.52 Å². The Kier molecular flexibility index (Phi) is 6.62. The SMILES string of the molecule is CCc1c[nH]c2ncc(-c3cc4c(c(C5COCCN5C(=O)O)c3)CN(C(=O)N3CCOCC3)CC4)nc12. The predicted octanol–water partition coefficient (Wildman–Crippen LogP) is 3.05. The number of benzene rings is 1. The summed E-state index contributed by atoms with van der Waals surface area (Å²) in [6.45, 7) is 6.28. The number of fused-ring (bicyclic) bond motifs is 2. The Bertz CT molecular complexity index is 1370. The molecule has 0 bridgehead atoms. The molecule has 0 radical (unpaired) electrons. The predicted molar refractivity (Wildman–Crippen MR) is 139 cm³/mol. The second-order valence-corrected chi connectivity index (χ2v) is 9.94. The van der Waals surface area contributed by atoms with Crippen molar-refractivity contribution in [3.05, 3.63) is 46.8 Å². The Labute approximate surface area is 220 Å². The number of aryl methyl sites for hydroxylation is 1. The zero-order valence-corrected chi connectivity index (χ0v) is 21.5. The van der Waals surface area contributed by atoms with Crippen molar-refractivity contribution in [3.63, 3.8) is 0 Å². The standard InChI is InChI=1S/C27H32N6O5/c1-2-17-13-28-25-24(17)30-22(14-29-25)19-11-18-3-4-32(26(34)31-5-8-37-9-6-31)15-21(18)20(12-19)23-16-38-10-7-33(23)27(35)36/h11-14,23H,2-10,15-16H2,1H3,(H,28,29)(H,35,36). The summed E-state index contributed by atoms with van der Waals surface area (Å²) in [6, 6.07) is 3.67. The highest BCUT2D eigenvalue weighted by Crippen LogP contribution is 2.36. The molecule has 38 heavy (non-hydrogen) atoms. The first-order chi connectivity index (χ1) is 18.5. The first kappa shape index (κ1) is 24.6. The van der Waals surface area contributed by atoms with E-state index in [0.29, 0.717) is 59.0 Å². The molecule has 0 spiro atoms. The van der Waals surface area contributed by atoms with Gasteiger partial charge < -0.3 is 29.4 Å². The van der Waals surface area contributed by atoms with Crippen LogP contribution in [0, 0.1) is 0 Å². The number of carboxylic acid groups (broad SMARTS) is 1. The molecule has 3 amide bonds. The van der Waals surface area contributed by atoms with Crippen molar-refractivity contribution in [2.24, 2.45) is 0 Å². The van der Waals surface area contributed by atoms with Gasteiger partial charge in [0.25, 0.3) is 0 Å². The third kappa shape index (κ3) is 4.45. The van der Waals surface area contributed by atoms with Gasteiger partial charge in [0.15, 0.2) is 5.65 Å². The van der Waals surface area contributed by atoms with Gasteiger partial charge in [-0.05, 0) is 47.2 Å². The minimum atomic E-state index is -0.976. The average molecular weight is 521 g/mol. The van der Waals surface area contributed by atoms with Gasteiger partial charge in [-0.1, -0.05) is 6.92 Å². The average Bonchev–Trinajstić information content (AvgIpc) is 3.39. The monoisotopic (exact) mass is 520 g/mol. The summed E-state index contributed by atoms with van der Waals surface area (Å²) < 4.78 is 11.2. The van der Waals surface area contributed by atoms with E-state index in [9.17, 15) is 14.7 Å². The fourth-order valence-electron chi connectivity index (χ4n) is 5.70. The van der Waals surface area contributed by atoms with Crippen molar-refractivity contribution >= 4 is 23.3 Å². The van der Waals surface area contributed by atoms with Gasteiger partial charge >= 0.3 is 12.1 Å². The van der Waals surface area contributed by atoms with Crippen LogP contribution in [0.1, 0.15) is 35.2 Å². The number of aromatic amines is 1. The third-order valence-electron chi connectivity index (χ3n) is 7.80. The fourth-order valence-corrected chi connectivity index (χ4v) is 5.70. The Morgan fingerprint density at radius 1 is 1.11 bits per heavy atom. The number of amides is 3. The summed E-state index contributed by atoms with van der Waals surface area (Å²) >= 11 is 0. The van der Waals surface area contributed by atoms with Crippen LogP contribution in [0.4, 0.5) is 9.59 Å². The van der Waals surface area contributed by atoms with Crippen LogP contribution in [0.2, 0.25) is 0 Å². The molecule has 3 aliphatic heterocycles. The molecule has 1 unspecified atom stereocenters. The molecule has 2 aromatic heterocycles. The van der Waals surface area contributed by atoms with Crippen LogP contribution in [0.3, 0.4) is 0 Å². The topological polar surface area (TPSA) is 124 Å². The number of aromatic nitrogens is 3. The summed E-state index contributed by atoms with van der Waals surface area (Å²) in [7, 11) is 0. The van der Waals surface area contributed by atoms with Crippen LogP contribution in [0.5, 0.6) is 0 Å². The van der Waals surface area contributed by atoms with Crippen LogP contribution in [-0.2, 0) is 28.9 Å². The van der Waals surface area contributed by atoms with Crippen LogP contribution in [0.15, 0.2) is 24.5 Å². The Morgan fingerprint density at radius 2 is 1.92 bits per heavy atom. The molecule has 3 aliphatic rings. The molecule has 2 N–H and O–H groups in total. The van der Waals surface area contributed by atoms with Gasteiger partial charge in [-0.3, -0.25) is 4.90 Å². The summed E-state index contributed by atoms with van der Waals surface area (Å²) in [5.41, 5.74) is 7.28. The zero-order valence-electron chi connectivity index (χ0n) is 21.5. The van der Waals surface area contributed by atoms with E-state index in [1.165, 1.54) is 4.90 Å². The maximum atomic E-state index is 13.3. The number of nitrogens with one attached hydrogen (secondary N) is 1. The summed E-state index contributed by atoms with van der Waals surface area (Å²) in [5, 5.41) is 9.98. The van der Waals surface area contributed by atoms with Crippen LogP contribution >= 0.6 is 0 Å². The maximum absolute atomic E-state index is 13.3. The maximum Gasteiger partial charge on any atom is 0.407 e. The van der Waals surface area contributed by atoms with Gasteiger partial charge in [-0.25, -0.2) is 19.6 Å². The van der Waals surface area contributed by atoms with Gasteiger partial charge in [0.05, 0.1) is 44.4 Å². The molecule has 6 rings (SSSR count). The molecule has 2 fully saturated rings. The van der Waals surface area contributed by atoms with E-state index in [1.54, 1.807) is 6.20 Å². The minimum Gasteiger partial charge on any atom is -0.465 e. The van der Waals surface area contributed by atoms with Crippen molar-refractivity contribution in [2.75, 3.05) is 52.6 Å². The van der Waals surface area contributed by atoms with Crippen LogP contribution in [0.25, 0.3) is 22.4 Å². The normalized spacial score (nSPS) is 20.0. The van der Waals surface area contributed by atoms with E-state index in [2.05, 4.69) is 23.0 Å². The second kappa shape index (κ2) is 10.2. The molecular formula is C27H32N6O5. The highest BCUT2D eigenvalue weighted by Gasteiger charge is 2.34. The van der Waals surface area contributed by atoms with Crippen molar-refractivity contribution in [3.8, 4) is 11.3 Å². The molecule has 1 atom stereocenters. The lowest BCUT2D eigenvalue weighted by Gasteiger charge is -2.39. The van der Waals surface area contributed by atoms with Gasteiger partial charge in [-0.15, -0.1) is 0 Å². The molecular weight excluding hydrogens is 488 g/mol. The lowest BCUT2D eigenvalue weighted by molar-refractivity contribution is -0.00149. The van der Waals surface area contributed by atoms with Gasteiger partial charge in [-0.2, -0.15) is 0 Å². The van der Waals surface area contributed by atoms with Crippen LogP contribution in [-0.4, -0.2) is 99.5 Å². The van der Waals surface area contributed by atoms with Gasteiger partial charge in [0.2, 0.25) is 0 Å². The van der Waals surface area contributed by atoms with Crippen molar-refractivity contribution in [1.82, 2.24) is 29.7 Å². The van der Waals surface area contributed by atoms with Crippen molar-refractivity contribution < 1.29 is 24.2 Å². The first-order valence-electron chi connectivity index (χ1n) is 13.2. The largest absolute Gasteiger partial charge is 0.465 e. The summed E-state index contributed by atoms with van der Waals surface area (Å²) in [4.78, 5) is 43.4. The van der Waals surface area contributed by atoms with E-state index in [1.807, 2.05) is 22.1 Å². The molecule has 1 aromatic carbocycles. The molecule has 2 saturated heterocycles. The van der Waals surface area contributed by atoms with E-state index in [0.717, 1.165) is 51.1 Å². The molecule has 11 heteroatoms. The number of H-pyrrole nitrogens is 1. The highest BCUT2D eigenvalue weighted by molar-refractivity contribution is 5.79. The Morgan fingerprint density at radius 3 is 2.71 bits per heavy atom. The number of rotatable bonds is 3. The number of carbonyl (C=O) groups is 2. The fraction of sp³-hybridized carbons (Fsp3) is 0.481. The molecule has 200 valence electrons. The summed E-state index contributed by atoms with van der Waals surface area (Å²) in [5.74, 6) is 0. The number of nitrogens with zero attached hydrogens (tertiary/aromatic N) is 5. The summed E-state index contributed by atoms with van der Waals surface area (Å²) in [6.07, 6.45) is 4.24. The molecule has 0 aliphatic carbocycles. The quantitative estimate of drug-likeness (QED) is 0.544. The molecule has 5 heterocycles. The molecule has 0 saturated carbocycles. The molecule has 3 aromatic rings. The number of ether oxygens (including phenoxy) is 2. The van der Waals surface area contributed by atoms with Gasteiger partial charge in [0, 0.05) is 44.5 Å². The second-order valence-electron chi connectivity index (χ2n) is 9.94. The highest BCUT2D eigenvalue weighted by atomic mass is 16.5. The number of carbonyl (C=O) groups excluding carboxylic acids is 1. The van der Waals surface area contributed by atoms with Crippen molar-refractivity contribution in [2.45, 2.75) is 32.4 Å². The minimum absolute atomic E-state index is 0.000155. The Hall–Kier alpha value is -3.70. The lowest BCUT2D eigenvalue weighted by atomic mass is 9.87. The number of urea groups is 1. The number of hydrogen-bond acceptors (Lipinski definition) is 6. The van der Waals surface area contributed by atoms with E-state index >= 15 is 0 Å². The molecule has 11 nitrogen and oxygen atoms in total. The lowest BCUT2D eigenvalue weighted by Crippen LogP contribution is -2.50. The zero-order chi connectivity index (χ0) is 26.2. The third-order valence-corrected chi connectivity index (χ3v) is 7.80. The first-order valence-corrected chi connectivity index (χ1v) is 13.2.